The largest absolute Gasteiger partial charge is 0.489 e. The minimum absolute atomic E-state index is 0.0145. The van der Waals surface area contributed by atoms with Gasteiger partial charge in [-0.05, 0) is 35.4 Å². The van der Waals surface area contributed by atoms with Crippen molar-refractivity contribution < 1.29 is 9.53 Å². The van der Waals surface area contributed by atoms with Gasteiger partial charge in [-0.2, -0.15) is 0 Å². The van der Waals surface area contributed by atoms with Crippen molar-refractivity contribution in [3.63, 3.8) is 0 Å². The molecule has 1 amide bonds. The number of hydrogen-bond acceptors (Lipinski definition) is 4. The third kappa shape index (κ3) is 4.28. The van der Waals surface area contributed by atoms with E-state index in [0.29, 0.717) is 16.8 Å². The van der Waals surface area contributed by atoms with Gasteiger partial charge in [-0.15, -0.1) is 23.5 Å². The second kappa shape index (κ2) is 7.99. The summed E-state index contributed by atoms with van der Waals surface area (Å²) in [6, 6.07) is 16.0. The number of amides is 1. The second-order valence-corrected chi connectivity index (χ2v) is 8.55. The lowest BCUT2D eigenvalue weighted by Crippen LogP contribution is -2.21. The van der Waals surface area contributed by atoms with Gasteiger partial charge < -0.3 is 9.64 Å². The number of hydrogen-bond donors (Lipinski definition) is 0. The van der Waals surface area contributed by atoms with Crippen molar-refractivity contribution in [2.75, 3.05) is 25.6 Å². The minimum Gasteiger partial charge on any atom is -0.489 e. The smallest absolute Gasteiger partial charge is 0.253 e. The van der Waals surface area contributed by atoms with Gasteiger partial charge in [-0.1, -0.05) is 24.3 Å². The lowest BCUT2D eigenvalue weighted by molar-refractivity contribution is 0.0827. The summed E-state index contributed by atoms with van der Waals surface area (Å²) in [6.45, 7) is 0.503. The summed E-state index contributed by atoms with van der Waals surface area (Å²) in [5.74, 6) is 3.36. The first-order valence-electron chi connectivity index (χ1n) is 7.90. The van der Waals surface area contributed by atoms with E-state index in [4.69, 9.17) is 4.74 Å². The highest BCUT2D eigenvalue weighted by Crippen LogP contribution is 2.45. The van der Waals surface area contributed by atoms with Crippen LogP contribution < -0.4 is 4.74 Å². The number of benzene rings is 2. The fourth-order valence-electron chi connectivity index (χ4n) is 2.44. The molecule has 0 N–H and O–H groups in total. The van der Waals surface area contributed by atoms with E-state index in [1.165, 1.54) is 17.1 Å². The molecule has 126 valence electrons. The van der Waals surface area contributed by atoms with E-state index in [1.807, 2.05) is 59.9 Å². The van der Waals surface area contributed by atoms with Gasteiger partial charge in [0.2, 0.25) is 0 Å². The zero-order valence-electron chi connectivity index (χ0n) is 13.9. The van der Waals surface area contributed by atoms with Crippen molar-refractivity contribution in [2.45, 2.75) is 11.2 Å². The molecule has 1 fully saturated rings. The molecule has 0 unspecified atom stereocenters. The van der Waals surface area contributed by atoms with Crippen molar-refractivity contribution >= 4 is 29.4 Å². The summed E-state index contributed by atoms with van der Waals surface area (Å²) in [4.78, 5) is 13.4. The standard InChI is InChI=1S/C19H21NO2S2/c1-20(2)18(21)15-5-3-14(4-6-15)13-22-17-9-7-16(8-10-17)19-23-11-12-24-19/h3-10,19H,11-13H2,1-2H3. The molecule has 3 nitrogen and oxygen atoms in total. The van der Waals surface area contributed by atoms with Crippen LogP contribution in [0.25, 0.3) is 0 Å². The Morgan fingerprint density at radius 3 is 2.25 bits per heavy atom. The molecule has 0 saturated carbocycles. The van der Waals surface area contributed by atoms with Crippen molar-refractivity contribution in [3.8, 4) is 5.75 Å². The number of carbonyl (C=O) groups excluding carboxylic acids is 1. The summed E-state index contributed by atoms with van der Waals surface area (Å²) in [5.41, 5.74) is 3.11. The quantitative estimate of drug-likeness (QED) is 0.789. The number of thioether (sulfide) groups is 2. The molecule has 0 bridgehead atoms. The van der Waals surface area contributed by atoms with Crippen molar-refractivity contribution in [1.29, 1.82) is 0 Å². The Bertz CT molecular complexity index is 678. The summed E-state index contributed by atoms with van der Waals surface area (Å²) in [6.07, 6.45) is 0. The predicted molar refractivity (Wildman–Crippen MR) is 103 cm³/mol. The Balaban J connectivity index is 1.56. The molecule has 24 heavy (non-hydrogen) atoms. The van der Waals surface area contributed by atoms with Crippen molar-refractivity contribution in [1.82, 2.24) is 4.90 Å². The van der Waals surface area contributed by atoms with Gasteiger partial charge in [-0.3, -0.25) is 4.79 Å². The average molecular weight is 360 g/mol. The SMILES string of the molecule is CN(C)C(=O)c1ccc(COc2ccc(C3SCCS3)cc2)cc1. The Morgan fingerprint density at radius 1 is 1.04 bits per heavy atom. The Kier molecular flexibility index (Phi) is 5.74. The number of carbonyl (C=O) groups is 1. The molecule has 0 atom stereocenters. The first-order valence-corrected chi connectivity index (χ1v) is 10.00. The Labute approximate surface area is 151 Å². The zero-order chi connectivity index (χ0) is 16.9. The highest BCUT2D eigenvalue weighted by Gasteiger charge is 2.17. The molecule has 3 rings (SSSR count). The van der Waals surface area contributed by atoms with Gasteiger partial charge in [0, 0.05) is 31.2 Å². The van der Waals surface area contributed by atoms with Crippen LogP contribution in [-0.4, -0.2) is 36.4 Å². The molecule has 0 radical (unpaired) electrons. The van der Waals surface area contributed by atoms with Gasteiger partial charge in [0.25, 0.3) is 5.91 Å². The maximum atomic E-state index is 11.9. The normalized spacial score (nSPS) is 14.6. The van der Waals surface area contributed by atoms with Gasteiger partial charge in [0.05, 0.1) is 4.58 Å². The first-order chi connectivity index (χ1) is 11.6. The second-order valence-electron chi connectivity index (χ2n) is 5.83. The van der Waals surface area contributed by atoms with E-state index >= 15 is 0 Å². The molecule has 5 heteroatoms. The average Bonchev–Trinajstić information content (AvgIpc) is 3.15. The van der Waals surface area contributed by atoms with Gasteiger partial charge in [0.1, 0.15) is 12.4 Å². The number of nitrogens with zero attached hydrogens (tertiary/aromatic N) is 1. The van der Waals surface area contributed by atoms with Crippen LogP contribution in [0, 0.1) is 0 Å². The highest BCUT2D eigenvalue weighted by atomic mass is 32.2. The molecule has 0 spiro atoms. The summed E-state index contributed by atoms with van der Waals surface area (Å²) >= 11 is 4.02. The summed E-state index contributed by atoms with van der Waals surface area (Å²) in [5, 5.41) is 0. The van der Waals surface area contributed by atoms with Crippen LogP contribution in [-0.2, 0) is 6.61 Å². The molecule has 1 aliphatic rings. The fraction of sp³-hybridized carbons (Fsp3) is 0.316. The minimum atomic E-state index is 0.0145. The Hall–Kier alpha value is -1.59. The topological polar surface area (TPSA) is 29.5 Å². The molecule has 2 aromatic rings. The fourth-order valence-corrected chi connectivity index (χ4v) is 5.30. The molecule has 1 aliphatic heterocycles. The van der Waals surface area contributed by atoms with Crippen LogP contribution in [0.5, 0.6) is 5.75 Å². The molecular formula is C19H21NO2S2. The highest BCUT2D eigenvalue weighted by molar-refractivity contribution is 8.19. The van der Waals surface area contributed by atoms with E-state index in [1.54, 1.807) is 19.0 Å². The monoisotopic (exact) mass is 359 g/mol. The van der Waals surface area contributed by atoms with Crippen molar-refractivity contribution in [3.05, 3.63) is 65.2 Å². The Morgan fingerprint density at radius 2 is 1.67 bits per heavy atom. The van der Waals surface area contributed by atoms with Crippen LogP contribution in [0.2, 0.25) is 0 Å². The molecule has 1 heterocycles. The van der Waals surface area contributed by atoms with E-state index in [2.05, 4.69) is 12.1 Å². The molecule has 0 aromatic heterocycles. The molecule has 2 aromatic carbocycles. The summed E-state index contributed by atoms with van der Waals surface area (Å²) in [7, 11) is 3.51. The first kappa shape index (κ1) is 17.2. The van der Waals surface area contributed by atoms with Crippen LogP contribution in [0.1, 0.15) is 26.1 Å². The lowest BCUT2D eigenvalue weighted by atomic mass is 10.1. The molecular weight excluding hydrogens is 338 g/mol. The van der Waals surface area contributed by atoms with E-state index in [0.717, 1.165) is 11.3 Å². The molecule has 0 aliphatic carbocycles. The van der Waals surface area contributed by atoms with E-state index < -0.39 is 0 Å². The number of ether oxygens (including phenoxy) is 1. The van der Waals surface area contributed by atoms with Crippen LogP contribution in [0.3, 0.4) is 0 Å². The van der Waals surface area contributed by atoms with E-state index in [-0.39, 0.29) is 5.91 Å². The predicted octanol–water partition coefficient (Wildman–Crippen LogP) is 4.45. The van der Waals surface area contributed by atoms with Crippen LogP contribution >= 0.6 is 23.5 Å². The third-order valence-electron chi connectivity index (χ3n) is 3.79. The van der Waals surface area contributed by atoms with Crippen LogP contribution in [0.15, 0.2) is 48.5 Å². The van der Waals surface area contributed by atoms with Gasteiger partial charge >= 0.3 is 0 Å². The maximum absolute atomic E-state index is 11.9. The van der Waals surface area contributed by atoms with E-state index in [9.17, 15) is 4.79 Å². The zero-order valence-corrected chi connectivity index (χ0v) is 15.5. The number of rotatable bonds is 5. The third-order valence-corrected chi connectivity index (χ3v) is 6.89. The van der Waals surface area contributed by atoms with Gasteiger partial charge in [-0.25, -0.2) is 0 Å². The maximum Gasteiger partial charge on any atom is 0.253 e. The summed E-state index contributed by atoms with van der Waals surface area (Å²) < 4.78 is 6.42. The lowest BCUT2D eigenvalue weighted by Gasteiger charge is -2.12. The van der Waals surface area contributed by atoms with Gasteiger partial charge in [0.15, 0.2) is 0 Å². The van der Waals surface area contributed by atoms with Crippen molar-refractivity contribution in [2.24, 2.45) is 0 Å². The molecule has 1 saturated heterocycles. The van der Waals surface area contributed by atoms with Crippen LogP contribution in [0.4, 0.5) is 0 Å².